The molecule has 3 N–H and O–H groups in total. The highest BCUT2D eigenvalue weighted by atomic mass is 16.2. The zero-order valence-corrected chi connectivity index (χ0v) is 20.0. The Bertz CT molecular complexity index is 1080. The van der Waals surface area contributed by atoms with Gasteiger partial charge in [0.25, 0.3) is 0 Å². The fourth-order valence-corrected chi connectivity index (χ4v) is 4.81. The number of anilines is 2. The first-order valence-corrected chi connectivity index (χ1v) is 12.6. The minimum atomic E-state index is 0.118. The first-order chi connectivity index (χ1) is 16.6. The Morgan fingerprint density at radius 3 is 2.29 bits per heavy atom. The fraction of sp³-hybridized carbons (Fsp3) is 0.481. The highest BCUT2D eigenvalue weighted by molar-refractivity contribution is 5.93. The van der Waals surface area contributed by atoms with Crippen LogP contribution in [0.4, 0.5) is 11.5 Å². The van der Waals surface area contributed by atoms with Gasteiger partial charge in [0.1, 0.15) is 11.6 Å². The van der Waals surface area contributed by atoms with Crippen molar-refractivity contribution >= 4 is 34.9 Å². The maximum Gasteiger partial charge on any atom is 0.227 e. The van der Waals surface area contributed by atoms with Gasteiger partial charge in [0.2, 0.25) is 12.3 Å². The maximum atomic E-state index is 12.4. The number of carbonyl (C=O) groups excluding carboxylic acids is 2. The van der Waals surface area contributed by atoms with Crippen molar-refractivity contribution in [1.29, 1.82) is 0 Å². The summed E-state index contributed by atoms with van der Waals surface area (Å²) in [5.41, 5.74) is 3.21. The van der Waals surface area contributed by atoms with Gasteiger partial charge >= 0.3 is 0 Å². The predicted molar refractivity (Wildman–Crippen MR) is 136 cm³/mol. The normalized spacial score (nSPS) is 17.0. The molecule has 2 fully saturated rings. The molecule has 0 aliphatic heterocycles. The van der Waals surface area contributed by atoms with Gasteiger partial charge in [-0.05, 0) is 43.0 Å². The number of carbonyl (C=O) groups is 2. The fourth-order valence-electron chi connectivity index (χ4n) is 4.81. The van der Waals surface area contributed by atoms with Crippen molar-refractivity contribution in [2.45, 2.75) is 71.1 Å². The van der Waals surface area contributed by atoms with Crippen molar-refractivity contribution in [1.82, 2.24) is 15.0 Å². The van der Waals surface area contributed by atoms with Crippen LogP contribution in [0.1, 0.15) is 71.1 Å². The second-order valence-electron chi connectivity index (χ2n) is 9.58. The summed E-state index contributed by atoms with van der Waals surface area (Å²) in [6.45, 7) is 2.36. The number of aromatic nitrogens is 3. The standard InChI is InChI=1S/C20H21N5O2.C7H14/c26-12-22-18-10-16-17(11-21-18)25-19(24-16)13-6-8-15(9-7-13)23-20(27)14-4-2-1-3-5-14;1-7-5-3-2-4-6-7/h6-12,14H,1-5H2,(H,23,27)(H,24,25)(H,21,22,26);7H,2-6H2,1H3. The molecule has 2 aliphatic rings. The van der Waals surface area contributed by atoms with Crippen LogP contribution in [0.2, 0.25) is 0 Å². The van der Waals surface area contributed by atoms with E-state index in [0.717, 1.165) is 53.9 Å². The van der Waals surface area contributed by atoms with Gasteiger partial charge in [-0.2, -0.15) is 0 Å². The zero-order valence-electron chi connectivity index (χ0n) is 20.0. The van der Waals surface area contributed by atoms with Gasteiger partial charge in [-0.3, -0.25) is 9.59 Å². The molecule has 5 rings (SSSR count). The van der Waals surface area contributed by atoms with Crippen LogP contribution in [-0.2, 0) is 9.59 Å². The van der Waals surface area contributed by atoms with E-state index in [9.17, 15) is 9.59 Å². The number of fused-ring (bicyclic) bond motifs is 1. The van der Waals surface area contributed by atoms with Crippen LogP contribution in [0.5, 0.6) is 0 Å². The van der Waals surface area contributed by atoms with Gasteiger partial charge in [-0.15, -0.1) is 0 Å². The Morgan fingerprint density at radius 1 is 1.00 bits per heavy atom. The number of aromatic amines is 1. The van der Waals surface area contributed by atoms with E-state index < -0.39 is 0 Å². The molecule has 0 radical (unpaired) electrons. The Labute approximate surface area is 201 Å². The van der Waals surface area contributed by atoms with Crippen LogP contribution < -0.4 is 10.6 Å². The van der Waals surface area contributed by atoms with Crippen LogP contribution in [0, 0.1) is 11.8 Å². The molecule has 2 aromatic heterocycles. The van der Waals surface area contributed by atoms with Crippen molar-refractivity contribution in [3.63, 3.8) is 0 Å². The molecule has 180 valence electrons. The largest absolute Gasteiger partial charge is 0.337 e. The summed E-state index contributed by atoms with van der Waals surface area (Å²) < 4.78 is 0. The number of imidazole rings is 1. The summed E-state index contributed by atoms with van der Waals surface area (Å²) in [6.07, 6.45) is 15.1. The van der Waals surface area contributed by atoms with Crippen molar-refractivity contribution in [2.24, 2.45) is 11.8 Å². The molecule has 2 saturated carbocycles. The van der Waals surface area contributed by atoms with Crippen LogP contribution in [0.15, 0.2) is 36.5 Å². The summed E-state index contributed by atoms with van der Waals surface area (Å²) in [7, 11) is 0. The highest BCUT2D eigenvalue weighted by Gasteiger charge is 2.21. The molecule has 3 aromatic rings. The highest BCUT2D eigenvalue weighted by Crippen LogP contribution is 2.26. The number of hydrogen-bond donors (Lipinski definition) is 3. The SMILES string of the molecule is CC1CCCCC1.O=CNc1cc2nc(-c3ccc(NC(=O)C4CCCCC4)cc3)[nH]c2cn1. The quantitative estimate of drug-likeness (QED) is 0.388. The Morgan fingerprint density at radius 2 is 1.68 bits per heavy atom. The summed E-state index contributed by atoms with van der Waals surface area (Å²) in [5.74, 6) is 2.45. The number of hydrogen-bond acceptors (Lipinski definition) is 4. The molecule has 0 saturated heterocycles. The van der Waals surface area contributed by atoms with E-state index in [2.05, 4.69) is 32.5 Å². The third-order valence-corrected chi connectivity index (χ3v) is 6.87. The smallest absolute Gasteiger partial charge is 0.227 e. The van der Waals surface area contributed by atoms with Gasteiger partial charge in [0, 0.05) is 23.2 Å². The lowest BCUT2D eigenvalue weighted by atomic mass is 9.88. The third kappa shape index (κ3) is 6.43. The molecule has 0 atom stereocenters. The number of benzene rings is 1. The minimum absolute atomic E-state index is 0.118. The van der Waals surface area contributed by atoms with E-state index in [1.165, 1.54) is 38.5 Å². The number of pyridine rings is 1. The predicted octanol–water partition coefficient (Wildman–Crippen LogP) is 6.30. The average molecular weight is 462 g/mol. The molecule has 7 heteroatoms. The van der Waals surface area contributed by atoms with Crippen molar-refractivity contribution in [3.05, 3.63) is 36.5 Å². The molecular weight excluding hydrogens is 426 g/mol. The lowest BCUT2D eigenvalue weighted by Crippen LogP contribution is -2.24. The second-order valence-corrected chi connectivity index (χ2v) is 9.58. The van der Waals surface area contributed by atoms with E-state index in [1.54, 1.807) is 12.3 Å². The number of nitrogens with zero attached hydrogens (tertiary/aromatic N) is 2. The van der Waals surface area contributed by atoms with E-state index in [0.29, 0.717) is 18.1 Å². The maximum absolute atomic E-state index is 12.4. The van der Waals surface area contributed by atoms with Crippen molar-refractivity contribution in [3.8, 4) is 11.4 Å². The van der Waals surface area contributed by atoms with Gasteiger partial charge in [0.05, 0.1) is 17.2 Å². The van der Waals surface area contributed by atoms with Crippen LogP contribution in [0.3, 0.4) is 0 Å². The molecule has 0 spiro atoms. The molecule has 1 aromatic carbocycles. The molecule has 0 bridgehead atoms. The molecule has 2 amide bonds. The first kappa shape index (κ1) is 23.9. The van der Waals surface area contributed by atoms with Gasteiger partial charge in [0.15, 0.2) is 0 Å². The zero-order chi connectivity index (χ0) is 23.8. The average Bonchev–Trinajstić information content (AvgIpc) is 3.30. The summed E-state index contributed by atoms with van der Waals surface area (Å²) >= 11 is 0. The molecule has 2 aliphatic carbocycles. The van der Waals surface area contributed by atoms with E-state index in [-0.39, 0.29) is 11.8 Å². The van der Waals surface area contributed by atoms with E-state index in [4.69, 9.17) is 0 Å². The molecule has 0 unspecified atom stereocenters. The molecule has 2 heterocycles. The van der Waals surface area contributed by atoms with Crippen molar-refractivity contribution in [2.75, 3.05) is 10.6 Å². The third-order valence-electron chi connectivity index (χ3n) is 6.87. The van der Waals surface area contributed by atoms with Gasteiger partial charge in [-0.25, -0.2) is 9.97 Å². The number of nitrogens with one attached hydrogen (secondary N) is 3. The number of rotatable bonds is 5. The second kappa shape index (κ2) is 11.8. The summed E-state index contributed by atoms with van der Waals surface area (Å²) in [6, 6.07) is 9.34. The minimum Gasteiger partial charge on any atom is -0.337 e. The first-order valence-electron chi connectivity index (χ1n) is 12.6. The topological polar surface area (TPSA) is 99.8 Å². The Balaban J connectivity index is 0.000000336. The van der Waals surface area contributed by atoms with Gasteiger partial charge in [-0.1, -0.05) is 58.3 Å². The monoisotopic (exact) mass is 461 g/mol. The van der Waals surface area contributed by atoms with Crippen LogP contribution >= 0.6 is 0 Å². The summed E-state index contributed by atoms with van der Waals surface area (Å²) in [4.78, 5) is 34.8. The molecule has 34 heavy (non-hydrogen) atoms. The lowest BCUT2D eigenvalue weighted by Gasteiger charge is -2.20. The van der Waals surface area contributed by atoms with E-state index in [1.807, 2.05) is 24.3 Å². The molecule has 7 nitrogen and oxygen atoms in total. The Hall–Kier alpha value is -3.22. The molecular formula is C27H35N5O2. The summed E-state index contributed by atoms with van der Waals surface area (Å²) in [5, 5.41) is 5.53. The van der Waals surface area contributed by atoms with Crippen LogP contribution in [0.25, 0.3) is 22.4 Å². The van der Waals surface area contributed by atoms with Crippen molar-refractivity contribution < 1.29 is 9.59 Å². The number of H-pyrrole nitrogens is 1. The van der Waals surface area contributed by atoms with Gasteiger partial charge < -0.3 is 15.6 Å². The lowest BCUT2D eigenvalue weighted by molar-refractivity contribution is -0.120. The van der Waals surface area contributed by atoms with Crippen LogP contribution in [-0.4, -0.2) is 27.3 Å². The number of amides is 2. The Kier molecular flexibility index (Phi) is 8.28. The van der Waals surface area contributed by atoms with E-state index >= 15 is 0 Å².